The summed E-state index contributed by atoms with van der Waals surface area (Å²) >= 11 is 0. The van der Waals surface area contributed by atoms with Crippen LogP contribution < -0.4 is 0 Å². The number of hydrogen-bond acceptors (Lipinski definition) is 1. The molecule has 3 heteroatoms. The van der Waals surface area contributed by atoms with Crippen LogP contribution in [0.15, 0.2) is 24.8 Å². The molecular formula is C7H9FN2. The van der Waals surface area contributed by atoms with Crippen LogP contribution in [0, 0.1) is 6.92 Å². The molecule has 0 N–H and O–H groups in total. The summed E-state index contributed by atoms with van der Waals surface area (Å²) in [5.74, 6) is -0.372. The molecule has 0 amide bonds. The Bertz CT molecular complexity index is 240. The van der Waals surface area contributed by atoms with Crippen molar-refractivity contribution in [2.75, 3.05) is 0 Å². The molecule has 0 saturated heterocycles. The fourth-order valence-electron chi connectivity index (χ4n) is 0.729. The first-order valence-corrected chi connectivity index (χ1v) is 3.01. The van der Waals surface area contributed by atoms with Gasteiger partial charge < -0.3 is 0 Å². The number of allylic oxidation sites excluding steroid dienone is 1. The maximum atomic E-state index is 12.1. The van der Waals surface area contributed by atoms with Crippen molar-refractivity contribution in [3.8, 4) is 0 Å². The van der Waals surface area contributed by atoms with Crippen molar-refractivity contribution in [2.24, 2.45) is 0 Å². The van der Waals surface area contributed by atoms with Gasteiger partial charge in [-0.25, -0.2) is 4.39 Å². The van der Waals surface area contributed by atoms with Crippen LogP contribution in [-0.2, 0) is 6.54 Å². The second-order valence-electron chi connectivity index (χ2n) is 2.23. The van der Waals surface area contributed by atoms with Crippen molar-refractivity contribution in [1.29, 1.82) is 0 Å². The van der Waals surface area contributed by atoms with Crippen molar-refractivity contribution in [3.63, 3.8) is 0 Å². The predicted molar refractivity (Wildman–Crippen MR) is 37.2 cm³/mol. The van der Waals surface area contributed by atoms with E-state index in [1.165, 1.54) is 4.68 Å². The van der Waals surface area contributed by atoms with E-state index in [0.29, 0.717) is 0 Å². The molecule has 0 atom stereocenters. The molecule has 1 aromatic rings. The summed E-state index contributed by atoms with van der Waals surface area (Å²) in [6.45, 7) is 5.20. The first-order valence-electron chi connectivity index (χ1n) is 3.01. The Morgan fingerprint density at radius 1 is 1.90 bits per heavy atom. The van der Waals surface area contributed by atoms with E-state index < -0.39 is 0 Å². The third kappa shape index (κ3) is 1.69. The maximum absolute atomic E-state index is 12.1. The number of aryl methyl sites for hydroxylation is 1. The van der Waals surface area contributed by atoms with Crippen molar-refractivity contribution >= 4 is 0 Å². The smallest absolute Gasteiger partial charge is 0.114 e. The fraction of sp³-hybridized carbons (Fsp3) is 0.286. The van der Waals surface area contributed by atoms with E-state index in [0.717, 1.165) is 5.56 Å². The molecule has 0 unspecified atom stereocenters. The molecule has 0 spiro atoms. The SMILES string of the molecule is C=C(F)Cn1cc(C)cn1. The van der Waals surface area contributed by atoms with Gasteiger partial charge in [0.2, 0.25) is 0 Å². The minimum Gasteiger partial charge on any atom is -0.266 e. The largest absolute Gasteiger partial charge is 0.266 e. The normalized spacial score (nSPS) is 9.80. The molecule has 0 aliphatic carbocycles. The summed E-state index contributed by atoms with van der Waals surface area (Å²) in [5, 5.41) is 3.87. The Kier molecular flexibility index (Phi) is 1.85. The molecule has 54 valence electrons. The summed E-state index contributed by atoms with van der Waals surface area (Å²) in [6, 6.07) is 0. The summed E-state index contributed by atoms with van der Waals surface area (Å²) < 4.78 is 13.7. The van der Waals surface area contributed by atoms with Gasteiger partial charge in [0.25, 0.3) is 0 Å². The summed E-state index contributed by atoms with van der Waals surface area (Å²) in [7, 11) is 0. The topological polar surface area (TPSA) is 17.8 Å². The van der Waals surface area contributed by atoms with Gasteiger partial charge in [-0.1, -0.05) is 6.58 Å². The zero-order valence-electron chi connectivity index (χ0n) is 5.84. The average Bonchev–Trinajstić information content (AvgIpc) is 2.13. The molecule has 0 aromatic carbocycles. The average molecular weight is 140 g/mol. The van der Waals surface area contributed by atoms with Gasteiger partial charge >= 0.3 is 0 Å². The first kappa shape index (κ1) is 6.99. The number of aromatic nitrogens is 2. The number of halogens is 1. The Labute approximate surface area is 59.0 Å². The van der Waals surface area contributed by atoms with Crippen LogP contribution >= 0.6 is 0 Å². The highest BCUT2D eigenvalue weighted by atomic mass is 19.1. The molecule has 0 aliphatic rings. The number of nitrogens with zero attached hydrogens (tertiary/aromatic N) is 2. The van der Waals surface area contributed by atoms with Crippen LogP contribution in [0.25, 0.3) is 0 Å². The van der Waals surface area contributed by atoms with Crippen LogP contribution in [0.1, 0.15) is 5.56 Å². The van der Waals surface area contributed by atoms with E-state index in [1.54, 1.807) is 12.4 Å². The minimum atomic E-state index is -0.372. The zero-order chi connectivity index (χ0) is 7.56. The van der Waals surface area contributed by atoms with E-state index in [9.17, 15) is 4.39 Å². The van der Waals surface area contributed by atoms with E-state index in [4.69, 9.17) is 0 Å². The monoisotopic (exact) mass is 140 g/mol. The summed E-state index contributed by atoms with van der Waals surface area (Å²) in [4.78, 5) is 0. The lowest BCUT2D eigenvalue weighted by molar-refractivity contribution is 0.531. The van der Waals surface area contributed by atoms with Crippen LogP contribution in [0.2, 0.25) is 0 Å². The Morgan fingerprint density at radius 3 is 3.00 bits per heavy atom. The van der Waals surface area contributed by atoms with Crippen LogP contribution in [-0.4, -0.2) is 9.78 Å². The van der Waals surface area contributed by atoms with Gasteiger partial charge in [-0.05, 0) is 12.5 Å². The molecule has 10 heavy (non-hydrogen) atoms. The van der Waals surface area contributed by atoms with Gasteiger partial charge in [-0.15, -0.1) is 0 Å². The third-order valence-corrected chi connectivity index (χ3v) is 1.10. The van der Waals surface area contributed by atoms with Crippen LogP contribution in [0.5, 0.6) is 0 Å². The van der Waals surface area contributed by atoms with Crippen LogP contribution in [0.3, 0.4) is 0 Å². The van der Waals surface area contributed by atoms with Crippen molar-refractivity contribution in [2.45, 2.75) is 13.5 Å². The molecular weight excluding hydrogens is 131 g/mol. The highest BCUT2D eigenvalue weighted by Gasteiger charge is 1.94. The van der Waals surface area contributed by atoms with Crippen LogP contribution in [0.4, 0.5) is 4.39 Å². The predicted octanol–water partition coefficient (Wildman–Crippen LogP) is 1.67. The third-order valence-electron chi connectivity index (χ3n) is 1.10. The lowest BCUT2D eigenvalue weighted by atomic mass is 10.4. The molecule has 1 rings (SSSR count). The lowest BCUT2D eigenvalue weighted by Gasteiger charge is -1.94. The van der Waals surface area contributed by atoms with Crippen molar-refractivity contribution in [1.82, 2.24) is 9.78 Å². The quantitative estimate of drug-likeness (QED) is 0.611. The van der Waals surface area contributed by atoms with Gasteiger partial charge in [0.05, 0.1) is 12.7 Å². The molecule has 1 heterocycles. The highest BCUT2D eigenvalue weighted by Crippen LogP contribution is 1.99. The first-order chi connectivity index (χ1) is 4.68. The van der Waals surface area contributed by atoms with E-state index in [-0.39, 0.29) is 12.4 Å². The molecule has 1 aromatic heterocycles. The van der Waals surface area contributed by atoms with Gasteiger partial charge in [-0.2, -0.15) is 5.10 Å². The zero-order valence-corrected chi connectivity index (χ0v) is 5.84. The lowest BCUT2D eigenvalue weighted by Crippen LogP contribution is -1.97. The Balaban J connectivity index is 2.67. The molecule has 0 fully saturated rings. The summed E-state index contributed by atoms with van der Waals surface area (Å²) in [6.07, 6.45) is 3.45. The number of rotatable bonds is 2. The van der Waals surface area contributed by atoms with E-state index >= 15 is 0 Å². The highest BCUT2D eigenvalue weighted by molar-refractivity contribution is 5.00. The standard InChI is InChI=1S/C7H9FN2/c1-6-3-9-10(4-6)5-7(2)8/h3-4H,2,5H2,1H3. The van der Waals surface area contributed by atoms with Gasteiger partial charge in [-0.3, -0.25) is 4.68 Å². The molecule has 0 aliphatic heterocycles. The van der Waals surface area contributed by atoms with E-state index in [2.05, 4.69) is 11.7 Å². The fourth-order valence-corrected chi connectivity index (χ4v) is 0.729. The van der Waals surface area contributed by atoms with Crippen molar-refractivity contribution in [3.05, 3.63) is 30.4 Å². The molecule has 0 radical (unpaired) electrons. The van der Waals surface area contributed by atoms with Gasteiger partial charge in [0.15, 0.2) is 0 Å². The van der Waals surface area contributed by atoms with Gasteiger partial charge in [0.1, 0.15) is 5.83 Å². The number of hydrogen-bond donors (Lipinski definition) is 0. The second-order valence-corrected chi connectivity index (χ2v) is 2.23. The Hall–Kier alpha value is -1.12. The van der Waals surface area contributed by atoms with Gasteiger partial charge in [0, 0.05) is 6.20 Å². The maximum Gasteiger partial charge on any atom is 0.114 e. The Morgan fingerprint density at radius 2 is 2.60 bits per heavy atom. The molecule has 0 saturated carbocycles. The van der Waals surface area contributed by atoms with E-state index in [1.807, 2.05) is 6.92 Å². The second kappa shape index (κ2) is 2.64. The summed E-state index contributed by atoms with van der Waals surface area (Å²) in [5.41, 5.74) is 1.03. The molecule has 0 bridgehead atoms. The van der Waals surface area contributed by atoms with Crippen molar-refractivity contribution < 1.29 is 4.39 Å². The minimum absolute atomic E-state index is 0.161. The molecule has 2 nitrogen and oxygen atoms in total.